The summed E-state index contributed by atoms with van der Waals surface area (Å²) in [6, 6.07) is 9.06. The molecule has 2 rings (SSSR count). The number of rotatable bonds is 8. The van der Waals surface area contributed by atoms with Gasteiger partial charge in [0.1, 0.15) is 0 Å². The van der Waals surface area contributed by atoms with Gasteiger partial charge in [-0.1, -0.05) is 75.3 Å². The van der Waals surface area contributed by atoms with Crippen molar-refractivity contribution in [2.75, 3.05) is 26.2 Å². The quantitative estimate of drug-likeness (QED) is 0.571. The molecule has 1 atom stereocenters. The van der Waals surface area contributed by atoms with Gasteiger partial charge in [-0.15, -0.1) is 0 Å². The maximum atomic E-state index is 13.1. The third-order valence-corrected chi connectivity index (χ3v) is 5.03. The van der Waals surface area contributed by atoms with Crippen LogP contribution in [0.3, 0.4) is 0 Å². The van der Waals surface area contributed by atoms with Crippen molar-refractivity contribution in [1.29, 1.82) is 1.43 Å². The molecule has 0 amide bonds. The lowest BCUT2D eigenvalue weighted by Crippen LogP contribution is -2.45. The molecule has 26 heavy (non-hydrogen) atoms. The molecule has 0 aromatic heterocycles. The molecule has 0 bridgehead atoms. The number of carbonyl (C=O) groups is 1. The maximum Gasteiger partial charge on any atom is 0.344 e. The molecule has 0 spiro atoms. The minimum Gasteiger partial charge on any atom is -0.450 e. The minimum absolute atomic E-state index is 0.140. The fourth-order valence-corrected chi connectivity index (χ4v) is 3.46. The monoisotopic (exact) mass is 360 g/mol. The van der Waals surface area contributed by atoms with E-state index in [1.54, 1.807) is 17.0 Å². The molecule has 1 aliphatic carbocycles. The van der Waals surface area contributed by atoms with E-state index in [0.717, 1.165) is 32.1 Å². The predicted octanol–water partition coefficient (Wildman–Crippen LogP) is 3.34. The lowest BCUT2D eigenvalue weighted by Gasteiger charge is -2.36. The lowest BCUT2D eigenvalue weighted by atomic mass is 9.73. The van der Waals surface area contributed by atoms with E-state index in [-0.39, 0.29) is 12.5 Å². The number of carbonyl (C=O) groups excluding carboxylic acids is 1. The van der Waals surface area contributed by atoms with Crippen molar-refractivity contribution in [3.63, 3.8) is 0 Å². The van der Waals surface area contributed by atoms with E-state index < -0.39 is 18.1 Å². The molecule has 4 heteroatoms. The Hall–Kier alpha value is -1.83. The summed E-state index contributed by atoms with van der Waals surface area (Å²) in [4.78, 5) is 14.7. The van der Waals surface area contributed by atoms with Crippen LogP contribution >= 0.6 is 0 Å². The normalized spacial score (nSPS) is 19.4. The summed E-state index contributed by atoms with van der Waals surface area (Å²) in [5.41, 5.74) is -0.875. The highest BCUT2D eigenvalue weighted by Gasteiger charge is 2.46. The van der Waals surface area contributed by atoms with Gasteiger partial charge in [0.15, 0.2) is 12.2 Å². The minimum atomic E-state index is -1.79. The highest BCUT2D eigenvalue weighted by molar-refractivity contribution is 5.81. The molecule has 1 unspecified atom stereocenters. The van der Waals surface area contributed by atoms with Gasteiger partial charge in [0, 0.05) is 5.92 Å². The number of hydrogen-bond donors (Lipinski definition) is 1. The largest absolute Gasteiger partial charge is 0.450 e. The molecule has 142 valence electrons. The number of benzene rings is 1. The first-order chi connectivity index (χ1) is 13.9. The summed E-state index contributed by atoms with van der Waals surface area (Å²) in [7, 11) is 0. The number of ether oxygens (including phenoxy) is 1. The molecule has 4 nitrogen and oxygen atoms in total. The zero-order valence-corrected chi connectivity index (χ0v) is 15.8. The van der Waals surface area contributed by atoms with Crippen LogP contribution in [0.15, 0.2) is 30.3 Å². The molecule has 1 aromatic rings. The third-order valence-electron chi connectivity index (χ3n) is 5.03. The topological polar surface area (TPSA) is 49.8 Å². The highest BCUT2D eigenvalue weighted by atomic mass is 16.5. The van der Waals surface area contributed by atoms with Crippen LogP contribution in [-0.4, -0.2) is 43.6 Å². The fraction of sp³-hybridized carbons (Fsp3) is 0.591. The molecule has 1 aromatic carbocycles. The van der Waals surface area contributed by atoms with Gasteiger partial charge in [0.25, 0.3) is 0 Å². The zero-order valence-electron chi connectivity index (χ0n) is 18.8. The average Bonchev–Trinajstić information content (AvgIpc) is 2.74. The second-order valence-corrected chi connectivity index (χ2v) is 6.60. The van der Waals surface area contributed by atoms with Gasteiger partial charge in [0.05, 0.1) is 9.24 Å². The first kappa shape index (κ1) is 16.4. The summed E-state index contributed by atoms with van der Waals surface area (Å²) in [6.45, 7) is 2.76. The second-order valence-electron chi connectivity index (χ2n) is 6.60. The van der Waals surface area contributed by atoms with Crippen molar-refractivity contribution < 1.29 is 17.4 Å². The Balaban J connectivity index is 2.20. The lowest BCUT2D eigenvalue weighted by molar-refractivity contribution is -0.174. The van der Waals surface area contributed by atoms with E-state index in [9.17, 15) is 4.79 Å². The van der Waals surface area contributed by atoms with Crippen LogP contribution in [0, 0.1) is 17.8 Å². The SMILES string of the molecule is [2H]OC(C(=O)OCC#CC([2H])([2H])N(CC)CC)(c1ccccc1)C1CCCCC1. The summed E-state index contributed by atoms with van der Waals surface area (Å²) in [6.07, 6.45) is 4.66. The Labute approximate surface area is 161 Å². The van der Waals surface area contributed by atoms with E-state index in [2.05, 4.69) is 11.8 Å². The van der Waals surface area contributed by atoms with E-state index in [1.165, 1.54) is 0 Å². The van der Waals surface area contributed by atoms with Crippen LogP contribution < -0.4 is 0 Å². The predicted molar refractivity (Wildman–Crippen MR) is 103 cm³/mol. The smallest absolute Gasteiger partial charge is 0.344 e. The van der Waals surface area contributed by atoms with Crippen LogP contribution in [0.5, 0.6) is 0 Å². The standard InChI is InChI=1S/C22H31NO3/c1-3-23(4-2)17-11-12-18-26-21(24)22(25,19-13-7-5-8-14-19)20-15-9-6-10-16-20/h5,7-8,13-14,20,25H,3-4,6,9-10,15-18H2,1-2H3/i17D2,25D. The molecule has 1 saturated carbocycles. The second kappa shape index (κ2) is 10.4. The van der Waals surface area contributed by atoms with Gasteiger partial charge < -0.3 is 9.85 Å². The number of nitrogens with zero attached hydrogens (tertiary/aromatic N) is 1. The van der Waals surface area contributed by atoms with Gasteiger partial charge in [0.2, 0.25) is 1.43 Å². The summed E-state index contributed by atoms with van der Waals surface area (Å²) in [5.74, 6) is 4.40. The summed E-state index contributed by atoms with van der Waals surface area (Å²) >= 11 is 0. The fourth-order valence-electron chi connectivity index (χ4n) is 3.46. The Kier molecular flexibility index (Phi) is 6.51. The zero-order chi connectivity index (χ0) is 21.3. The number of esters is 1. The van der Waals surface area contributed by atoms with Crippen molar-refractivity contribution in [3.8, 4) is 11.8 Å². The van der Waals surface area contributed by atoms with Crippen molar-refractivity contribution >= 4 is 5.97 Å². The molecule has 0 aliphatic heterocycles. The van der Waals surface area contributed by atoms with Crippen molar-refractivity contribution in [1.82, 2.24) is 4.90 Å². The summed E-state index contributed by atoms with van der Waals surface area (Å²) < 4.78 is 29.3. The molecular weight excluding hydrogens is 326 g/mol. The van der Waals surface area contributed by atoms with E-state index in [4.69, 9.17) is 14.0 Å². The summed E-state index contributed by atoms with van der Waals surface area (Å²) in [5, 5.41) is 5.14. The molecule has 1 N–H and O–H groups in total. The van der Waals surface area contributed by atoms with Gasteiger partial charge in [-0.05, 0) is 31.5 Å². The Morgan fingerprint density at radius 3 is 2.58 bits per heavy atom. The Morgan fingerprint density at radius 2 is 1.96 bits per heavy atom. The van der Waals surface area contributed by atoms with Crippen LogP contribution in [0.2, 0.25) is 0 Å². The first-order valence-corrected chi connectivity index (χ1v) is 9.54. The first-order valence-electron chi connectivity index (χ1n) is 10.9. The van der Waals surface area contributed by atoms with Crippen molar-refractivity contribution in [3.05, 3.63) is 35.9 Å². The number of hydrogen-bond acceptors (Lipinski definition) is 4. The van der Waals surface area contributed by atoms with Crippen LogP contribution in [0.25, 0.3) is 0 Å². The average molecular weight is 361 g/mol. The van der Waals surface area contributed by atoms with Crippen LogP contribution in [0.4, 0.5) is 0 Å². The van der Waals surface area contributed by atoms with E-state index >= 15 is 0 Å². The Bertz CT molecular complexity index is 707. The molecule has 0 heterocycles. The van der Waals surface area contributed by atoms with E-state index in [1.807, 2.05) is 32.0 Å². The maximum absolute atomic E-state index is 13.1. The molecule has 0 saturated heterocycles. The van der Waals surface area contributed by atoms with Crippen molar-refractivity contribution in [2.45, 2.75) is 51.6 Å². The van der Waals surface area contributed by atoms with Gasteiger partial charge in [-0.2, -0.15) is 0 Å². The van der Waals surface area contributed by atoms with Crippen LogP contribution in [0.1, 0.15) is 54.3 Å². The van der Waals surface area contributed by atoms with Gasteiger partial charge >= 0.3 is 5.97 Å². The Morgan fingerprint density at radius 1 is 1.27 bits per heavy atom. The molecule has 0 radical (unpaired) electrons. The van der Waals surface area contributed by atoms with Gasteiger partial charge in [-0.3, -0.25) is 4.90 Å². The van der Waals surface area contributed by atoms with Crippen molar-refractivity contribution in [2.24, 2.45) is 5.92 Å². The highest BCUT2D eigenvalue weighted by Crippen LogP contribution is 2.40. The van der Waals surface area contributed by atoms with E-state index in [0.29, 0.717) is 18.7 Å². The molecule has 1 fully saturated rings. The third kappa shape index (κ3) is 5.09. The molecule has 1 aliphatic rings. The van der Waals surface area contributed by atoms with Crippen LogP contribution in [-0.2, 0) is 15.1 Å². The molecular formula is C22H31NO3. The van der Waals surface area contributed by atoms with Gasteiger partial charge in [-0.25, -0.2) is 4.79 Å². The number of aliphatic hydroxyl groups is 1.